The van der Waals surface area contributed by atoms with Crippen molar-refractivity contribution in [3.8, 4) is 11.8 Å². The number of carbonyl (C=O) groups excluding carboxylic acids is 1. The molecule has 0 aliphatic rings. The Kier molecular flexibility index (Phi) is 7.72. The molecule has 0 heterocycles. The van der Waals surface area contributed by atoms with Gasteiger partial charge in [-0.2, -0.15) is 0 Å². The van der Waals surface area contributed by atoms with Gasteiger partial charge in [-0.15, -0.1) is 5.92 Å². The average molecular weight is 224 g/mol. The maximum absolute atomic E-state index is 11.4. The van der Waals surface area contributed by atoms with Crippen LogP contribution in [0.4, 0.5) is 0 Å². The van der Waals surface area contributed by atoms with Gasteiger partial charge in [-0.25, -0.2) is 0 Å². The topological polar surface area (TPSA) is 26.3 Å². The van der Waals surface area contributed by atoms with Crippen molar-refractivity contribution in [2.45, 2.75) is 59.8 Å². The summed E-state index contributed by atoms with van der Waals surface area (Å²) in [4.78, 5) is 11.4. The van der Waals surface area contributed by atoms with Crippen molar-refractivity contribution in [1.82, 2.24) is 0 Å². The summed E-state index contributed by atoms with van der Waals surface area (Å²) in [5, 5.41) is 0. The second-order valence-corrected chi connectivity index (χ2v) is 4.95. The van der Waals surface area contributed by atoms with Crippen LogP contribution in [-0.2, 0) is 9.53 Å². The molecule has 0 fully saturated rings. The van der Waals surface area contributed by atoms with Gasteiger partial charge in [0.2, 0.25) is 0 Å². The van der Waals surface area contributed by atoms with E-state index >= 15 is 0 Å². The fraction of sp³-hybridized carbons (Fsp3) is 0.786. The van der Waals surface area contributed by atoms with E-state index in [0.717, 1.165) is 6.42 Å². The number of rotatable bonds is 5. The Bertz CT molecular complexity index is 250. The van der Waals surface area contributed by atoms with Crippen molar-refractivity contribution in [3.63, 3.8) is 0 Å². The van der Waals surface area contributed by atoms with Crippen molar-refractivity contribution >= 4 is 5.97 Å². The van der Waals surface area contributed by atoms with Gasteiger partial charge in [0.15, 0.2) is 0 Å². The molecule has 0 spiro atoms. The zero-order chi connectivity index (χ0) is 12.4. The monoisotopic (exact) mass is 224 g/mol. The Labute approximate surface area is 99.8 Å². The Morgan fingerprint density at radius 3 is 2.31 bits per heavy atom. The number of unbranched alkanes of at least 4 members (excludes halogenated alkanes) is 3. The summed E-state index contributed by atoms with van der Waals surface area (Å²) in [7, 11) is 0. The first kappa shape index (κ1) is 15.0. The van der Waals surface area contributed by atoms with E-state index in [0.29, 0.717) is 13.0 Å². The van der Waals surface area contributed by atoms with Crippen molar-refractivity contribution in [2.75, 3.05) is 6.61 Å². The van der Waals surface area contributed by atoms with Gasteiger partial charge in [0.1, 0.15) is 6.61 Å². The standard InChI is InChI=1S/C14H24O2/c1-5-6-7-8-9-10-11-12-16-13(15)14(2,3)4/h5-8,11-12H2,1-4H3. The first-order chi connectivity index (χ1) is 7.48. The van der Waals surface area contributed by atoms with Gasteiger partial charge in [0.25, 0.3) is 0 Å². The molecular weight excluding hydrogens is 200 g/mol. The van der Waals surface area contributed by atoms with Gasteiger partial charge in [-0.1, -0.05) is 25.7 Å². The van der Waals surface area contributed by atoms with Gasteiger partial charge in [-0.3, -0.25) is 4.79 Å². The zero-order valence-corrected chi connectivity index (χ0v) is 11.1. The Morgan fingerprint density at radius 1 is 1.12 bits per heavy atom. The second-order valence-electron chi connectivity index (χ2n) is 4.95. The molecule has 0 aromatic heterocycles. The van der Waals surface area contributed by atoms with Crippen LogP contribution in [-0.4, -0.2) is 12.6 Å². The van der Waals surface area contributed by atoms with Gasteiger partial charge >= 0.3 is 5.97 Å². The predicted octanol–water partition coefficient (Wildman–Crippen LogP) is 3.55. The maximum atomic E-state index is 11.4. The number of hydrogen-bond donors (Lipinski definition) is 0. The highest BCUT2D eigenvalue weighted by Gasteiger charge is 2.22. The smallest absolute Gasteiger partial charge is 0.311 e. The van der Waals surface area contributed by atoms with E-state index in [2.05, 4.69) is 18.8 Å². The van der Waals surface area contributed by atoms with Gasteiger partial charge in [0.05, 0.1) is 5.41 Å². The number of ether oxygens (including phenoxy) is 1. The molecular formula is C14H24O2. The first-order valence-electron chi connectivity index (χ1n) is 6.11. The van der Waals surface area contributed by atoms with E-state index in [1.807, 2.05) is 20.8 Å². The lowest BCUT2D eigenvalue weighted by Crippen LogP contribution is -2.23. The van der Waals surface area contributed by atoms with Crippen LogP contribution in [0, 0.1) is 17.3 Å². The molecule has 0 bridgehead atoms. The molecule has 2 heteroatoms. The quantitative estimate of drug-likeness (QED) is 0.405. The van der Waals surface area contributed by atoms with Gasteiger partial charge < -0.3 is 4.74 Å². The van der Waals surface area contributed by atoms with E-state index < -0.39 is 5.41 Å². The third kappa shape index (κ3) is 8.35. The highest BCUT2D eigenvalue weighted by atomic mass is 16.5. The van der Waals surface area contributed by atoms with Crippen LogP contribution in [0.3, 0.4) is 0 Å². The molecule has 0 aromatic carbocycles. The van der Waals surface area contributed by atoms with Gasteiger partial charge in [-0.05, 0) is 27.2 Å². The number of hydrogen-bond acceptors (Lipinski definition) is 2. The summed E-state index contributed by atoms with van der Waals surface area (Å²) in [5.74, 6) is 5.96. The summed E-state index contributed by atoms with van der Waals surface area (Å²) >= 11 is 0. The Morgan fingerprint density at radius 2 is 1.75 bits per heavy atom. The normalized spacial score (nSPS) is 10.5. The third-order valence-corrected chi connectivity index (χ3v) is 2.10. The van der Waals surface area contributed by atoms with E-state index in [9.17, 15) is 4.79 Å². The lowest BCUT2D eigenvalue weighted by molar-refractivity contribution is -0.152. The first-order valence-corrected chi connectivity index (χ1v) is 6.11. The Balaban J connectivity index is 3.49. The summed E-state index contributed by atoms with van der Waals surface area (Å²) in [6.07, 6.45) is 5.25. The molecule has 0 N–H and O–H groups in total. The number of esters is 1. The van der Waals surface area contributed by atoms with Crippen LogP contribution in [0.15, 0.2) is 0 Å². The van der Waals surface area contributed by atoms with Crippen molar-refractivity contribution < 1.29 is 9.53 Å². The lowest BCUT2D eigenvalue weighted by Gasteiger charge is -2.15. The van der Waals surface area contributed by atoms with Crippen LogP contribution in [0.25, 0.3) is 0 Å². The van der Waals surface area contributed by atoms with E-state index in [1.54, 1.807) is 0 Å². The predicted molar refractivity (Wildman–Crippen MR) is 66.9 cm³/mol. The largest absolute Gasteiger partial charge is 0.464 e. The minimum absolute atomic E-state index is 0.153. The SMILES string of the molecule is CCCCCC#CCCOC(=O)C(C)(C)C. The summed E-state index contributed by atoms with van der Waals surface area (Å²) < 4.78 is 5.09. The van der Waals surface area contributed by atoms with E-state index in [-0.39, 0.29) is 5.97 Å². The van der Waals surface area contributed by atoms with Crippen molar-refractivity contribution in [3.05, 3.63) is 0 Å². The molecule has 0 aliphatic heterocycles. The minimum Gasteiger partial charge on any atom is -0.464 e. The van der Waals surface area contributed by atoms with E-state index in [4.69, 9.17) is 4.74 Å². The van der Waals surface area contributed by atoms with Crippen molar-refractivity contribution in [2.24, 2.45) is 5.41 Å². The third-order valence-electron chi connectivity index (χ3n) is 2.10. The molecule has 0 aromatic rings. The molecule has 0 radical (unpaired) electrons. The molecule has 0 saturated heterocycles. The summed E-state index contributed by atoms with van der Waals surface area (Å²) in [5.41, 5.74) is -0.408. The molecule has 0 unspecified atom stereocenters. The molecule has 0 atom stereocenters. The van der Waals surface area contributed by atoms with Crippen LogP contribution >= 0.6 is 0 Å². The summed E-state index contributed by atoms with van der Waals surface area (Å²) in [6, 6.07) is 0. The summed E-state index contributed by atoms with van der Waals surface area (Å²) in [6.45, 7) is 8.15. The van der Waals surface area contributed by atoms with Crippen LogP contribution < -0.4 is 0 Å². The van der Waals surface area contributed by atoms with Crippen LogP contribution in [0.1, 0.15) is 59.8 Å². The molecule has 16 heavy (non-hydrogen) atoms. The average Bonchev–Trinajstić information content (AvgIpc) is 2.20. The zero-order valence-electron chi connectivity index (χ0n) is 11.1. The van der Waals surface area contributed by atoms with Crippen LogP contribution in [0.2, 0.25) is 0 Å². The molecule has 92 valence electrons. The molecule has 0 rings (SSSR count). The lowest BCUT2D eigenvalue weighted by atomic mass is 9.97. The second kappa shape index (κ2) is 8.21. The molecule has 0 aliphatic carbocycles. The Hall–Kier alpha value is -0.970. The minimum atomic E-state index is -0.408. The van der Waals surface area contributed by atoms with E-state index in [1.165, 1.54) is 19.3 Å². The number of carbonyl (C=O) groups is 1. The highest BCUT2D eigenvalue weighted by molar-refractivity contribution is 5.75. The fourth-order valence-electron chi connectivity index (χ4n) is 1.05. The van der Waals surface area contributed by atoms with Crippen LogP contribution in [0.5, 0.6) is 0 Å². The molecule has 0 saturated carbocycles. The fourth-order valence-corrected chi connectivity index (χ4v) is 1.05. The molecule has 0 amide bonds. The molecule has 2 nitrogen and oxygen atoms in total. The maximum Gasteiger partial charge on any atom is 0.311 e. The van der Waals surface area contributed by atoms with Crippen molar-refractivity contribution in [1.29, 1.82) is 0 Å². The van der Waals surface area contributed by atoms with Gasteiger partial charge in [0, 0.05) is 12.8 Å². The highest BCUT2D eigenvalue weighted by Crippen LogP contribution is 2.14.